The van der Waals surface area contributed by atoms with E-state index in [0.717, 1.165) is 23.1 Å². The maximum absolute atomic E-state index is 12.9. The lowest BCUT2D eigenvalue weighted by atomic mass is 9.98. The topological polar surface area (TPSA) is 55.6 Å². The molecule has 5 nitrogen and oxygen atoms in total. The van der Waals surface area contributed by atoms with Gasteiger partial charge in [-0.15, -0.1) is 0 Å². The van der Waals surface area contributed by atoms with Gasteiger partial charge in [-0.3, -0.25) is 9.78 Å². The zero-order chi connectivity index (χ0) is 17.9. The number of carbonyl (C=O) groups excluding carboxylic acids is 1. The van der Waals surface area contributed by atoms with E-state index in [-0.39, 0.29) is 11.8 Å². The Bertz CT molecular complexity index is 918. The van der Waals surface area contributed by atoms with Crippen molar-refractivity contribution in [2.24, 2.45) is 5.92 Å². The van der Waals surface area contributed by atoms with Crippen LogP contribution in [0.1, 0.15) is 21.6 Å². The second-order valence-corrected chi connectivity index (χ2v) is 6.83. The Balaban J connectivity index is 1.50. The number of fused-ring (bicyclic) bond motifs is 1. The van der Waals surface area contributed by atoms with Crippen molar-refractivity contribution < 1.29 is 13.9 Å². The fraction of sp³-hybridized carbons (Fsp3) is 0.333. The predicted molar refractivity (Wildman–Crippen MR) is 99.1 cm³/mol. The molecule has 0 saturated carbocycles. The number of amides is 1. The molecule has 1 saturated heterocycles. The van der Waals surface area contributed by atoms with Crippen LogP contribution in [0, 0.1) is 12.8 Å². The predicted octanol–water partition coefficient (Wildman–Crippen LogP) is 3.47. The molecule has 5 heteroatoms. The minimum absolute atomic E-state index is 0.0348. The first-order valence-corrected chi connectivity index (χ1v) is 8.95. The summed E-state index contributed by atoms with van der Waals surface area (Å²) in [6, 6.07) is 11.9. The number of hydrogen-bond donors (Lipinski definition) is 0. The lowest BCUT2D eigenvalue weighted by molar-refractivity contribution is 0.0736. The Morgan fingerprint density at radius 1 is 1.31 bits per heavy atom. The Morgan fingerprint density at radius 2 is 2.23 bits per heavy atom. The first-order valence-electron chi connectivity index (χ1n) is 8.95. The van der Waals surface area contributed by atoms with Crippen LogP contribution >= 0.6 is 0 Å². The van der Waals surface area contributed by atoms with Crippen LogP contribution in [0.15, 0.2) is 53.3 Å². The smallest absolute Gasteiger partial charge is 0.255 e. The van der Waals surface area contributed by atoms with E-state index < -0.39 is 0 Å². The van der Waals surface area contributed by atoms with Gasteiger partial charge in [0.15, 0.2) is 0 Å². The third-order valence-corrected chi connectivity index (χ3v) is 4.91. The highest BCUT2D eigenvalue weighted by Gasteiger charge is 2.24. The van der Waals surface area contributed by atoms with Crippen molar-refractivity contribution in [1.82, 2.24) is 9.88 Å². The SMILES string of the molecule is Cc1ncccc1C(=O)N1CCOC[C@@H](Cc2ccc3ccoc3c2)C1. The normalized spacial score (nSPS) is 18.0. The third-order valence-electron chi connectivity index (χ3n) is 4.91. The van der Waals surface area contributed by atoms with Gasteiger partial charge in [-0.2, -0.15) is 0 Å². The van der Waals surface area contributed by atoms with Crippen molar-refractivity contribution in [2.45, 2.75) is 13.3 Å². The minimum Gasteiger partial charge on any atom is -0.464 e. The van der Waals surface area contributed by atoms with Crippen LogP contribution in [0.4, 0.5) is 0 Å². The molecule has 0 bridgehead atoms. The van der Waals surface area contributed by atoms with Crippen LogP contribution in [-0.4, -0.2) is 42.1 Å². The molecule has 3 heterocycles. The lowest BCUT2D eigenvalue weighted by Gasteiger charge is -2.24. The summed E-state index contributed by atoms with van der Waals surface area (Å²) in [4.78, 5) is 19.1. The summed E-state index contributed by atoms with van der Waals surface area (Å²) < 4.78 is 11.3. The van der Waals surface area contributed by atoms with Crippen LogP contribution < -0.4 is 0 Å². The molecule has 1 atom stereocenters. The molecule has 0 radical (unpaired) electrons. The molecule has 2 aromatic heterocycles. The Hall–Kier alpha value is -2.66. The van der Waals surface area contributed by atoms with Gasteiger partial charge < -0.3 is 14.1 Å². The summed E-state index contributed by atoms with van der Waals surface area (Å²) in [6.45, 7) is 4.40. The first-order chi connectivity index (χ1) is 12.7. The van der Waals surface area contributed by atoms with Crippen LogP contribution in [0.3, 0.4) is 0 Å². The van der Waals surface area contributed by atoms with Crippen LogP contribution in [0.5, 0.6) is 0 Å². The van der Waals surface area contributed by atoms with Crippen LogP contribution in [0.25, 0.3) is 11.0 Å². The number of carbonyl (C=O) groups is 1. The lowest BCUT2D eigenvalue weighted by Crippen LogP contribution is -2.36. The summed E-state index contributed by atoms with van der Waals surface area (Å²) in [5.74, 6) is 0.290. The summed E-state index contributed by atoms with van der Waals surface area (Å²) in [6.07, 6.45) is 4.28. The van der Waals surface area contributed by atoms with Crippen molar-refractivity contribution >= 4 is 16.9 Å². The molecule has 1 amide bonds. The number of benzene rings is 1. The van der Waals surface area contributed by atoms with Gasteiger partial charge in [0.25, 0.3) is 5.91 Å². The molecule has 3 aromatic rings. The van der Waals surface area contributed by atoms with E-state index in [2.05, 4.69) is 23.2 Å². The quantitative estimate of drug-likeness (QED) is 0.726. The Morgan fingerprint density at radius 3 is 3.12 bits per heavy atom. The standard InChI is InChI=1S/C21H22N2O3/c1-15-19(3-2-7-22-15)21(24)23-8-10-25-14-17(13-23)11-16-4-5-18-6-9-26-20(18)12-16/h2-7,9,12,17H,8,10-11,13-14H2,1H3/t17-/m0/s1. The maximum atomic E-state index is 12.9. The molecule has 1 aromatic carbocycles. The molecular weight excluding hydrogens is 328 g/mol. The highest BCUT2D eigenvalue weighted by atomic mass is 16.5. The number of pyridine rings is 1. The van der Waals surface area contributed by atoms with E-state index >= 15 is 0 Å². The number of furan rings is 1. The molecule has 0 unspecified atom stereocenters. The van der Waals surface area contributed by atoms with E-state index in [4.69, 9.17) is 9.15 Å². The van der Waals surface area contributed by atoms with E-state index in [1.54, 1.807) is 12.5 Å². The monoisotopic (exact) mass is 350 g/mol. The van der Waals surface area contributed by atoms with Gasteiger partial charge in [-0.05, 0) is 43.2 Å². The van der Waals surface area contributed by atoms with Gasteiger partial charge in [0, 0.05) is 36.3 Å². The molecule has 26 heavy (non-hydrogen) atoms. The second kappa shape index (κ2) is 7.30. The summed E-state index contributed by atoms with van der Waals surface area (Å²) >= 11 is 0. The van der Waals surface area contributed by atoms with Gasteiger partial charge in [0.1, 0.15) is 5.58 Å². The third kappa shape index (κ3) is 3.48. The second-order valence-electron chi connectivity index (χ2n) is 6.83. The Kier molecular flexibility index (Phi) is 4.71. The first kappa shape index (κ1) is 16.8. The summed E-state index contributed by atoms with van der Waals surface area (Å²) in [5, 5.41) is 1.11. The summed E-state index contributed by atoms with van der Waals surface area (Å²) in [7, 11) is 0. The minimum atomic E-state index is 0.0348. The average molecular weight is 350 g/mol. The number of rotatable bonds is 3. The molecule has 1 fully saturated rings. The molecule has 0 spiro atoms. The van der Waals surface area contributed by atoms with Gasteiger partial charge in [-0.1, -0.05) is 12.1 Å². The molecular formula is C21H22N2O3. The largest absolute Gasteiger partial charge is 0.464 e. The van der Waals surface area contributed by atoms with E-state index in [1.165, 1.54) is 5.56 Å². The molecule has 0 aliphatic carbocycles. The van der Waals surface area contributed by atoms with Crippen molar-refractivity contribution in [3.8, 4) is 0 Å². The molecule has 134 valence electrons. The molecule has 4 rings (SSSR count). The molecule has 1 aliphatic rings. The number of aryl methyl sites for hydroxylation is 1. The van der Waals surface area contributed by atoms with Gasteiger partial charge in [-0.25, -0.2) is 0 Å². The van der Waals surface area contributed by atoms with Crippen molar-refractivity contribution in [1.29, 1.82) is 0 Å². The van der Waals surface area contributed by atoms with Crippen LogP contribution in [-0.2, 0) is 11.2 Å². The number of ether oxygens (including phenoxy) is 1. The van der Waals surface area contributed by atoms with E-state index in [1.807, 2.05) is 30.0 Å². The summed E-state index contributed by atoms with van der Waals surface area (Å²) in [5.41, 5.74) is 3.54. The van der Waals surface area contributed by atoms with Crippen LogP contribution in [0.2, 0.25) is 0 Å². The number of hydrogen-bond acceptors (Lipinski definition) is 4. The highest BCUT2D eigenvalue weighted by molar-refractivity contribution is 5.95. The fourth-order valence-electron chi connectivity index (χ4n) is 3.53. The molecule has 1 aliphatic heterocycles. The van der Waals surface area contributed by atoms with Crippen molar-refractivity contribution in [2.75, 3.05) is 26.3 Å². The number of nitrogens with zero attached hydrogens (tertiary/aromatic N) is 2. The zero-order valence-electron chi connectivity index (χ0n) is 14.9. The molecule has 0 N–H and O–H groups in total. The highest BCUT2D eigenvalue weighted by Crippen LogP contribution is 2.21. The van der Waals surface area contributed by atoms with Gasteiger partial charge >= 0.3 is 0 Å². The average Bonchev–Trinajstić information content (AvgIpc) is 2.99. The van der Waals surface area contributed by atoms with Crippen molar-refractivity contribution in [3.63, 3.8) is 0 Å². The van der Waals surface area contributed by atoms with E-state index in [9.17, 15) is 4.79 Å². The fourth-order valence-corrected chi connectivity index (χ4v) is 3.53. The van der Waals surface area contributed by atoms with Gasteiger partial charge in [0.05, 0.1) is 25.0 Å². The van der Waals surface area contributed by atoms with E-state index in [0.29, 0.717) is 31.9 Å². The zero-order valence-corrected chi connectivity index (χ0v) is 14.9. The van der Waals surface area contributed by atoms with Gasteiger partial charge in [0.2, 0.25) is 0 Å². The maximum Gasteiger partial charge on any atom is 0.255 e. The number of aromatic nitrogens is 1. The Labute approximate surface area is 152 Å². The van der Waals surface area contributed by atoms with Crippen molar-refractivity contribution in [3.05, 3.63) is 65.7 Å².